The average Bonchev–Trinajstić information content (AvgIpc) is 2.50. The van der Waals surface area contributed by atoms with Gasteiger partial charge in [0.25, 0.3) is 5.91 Å². The van der Waals surface area contributed by atoms with Crippen LogP contribution >= 0.6 is 0 Å². The van der Waals surface area contributed by atoms with Crippen LogP contribution in [0.1, 0.15) is 26.7 Å². The normalized spacial score (nSPS) is 11.6. The molecule has 2 amide bonds. The molecular weight excluding hydrogens is 272 g/mol. The van der Waals surface area contributed by atoms with Gasteiger partial charge >= 0.3 is 0 Å². The first-order valence-corrected chi connectivity index (χ1v) is 7.02. The largest absolute Gasteiger partial charge is 0.484 e. The minimum atomic E-state index is -0.293. The van der Waals surface area contributed by atoms with Crippen LogP contribution in [0.3, 0.4) is 0 Å². The molecule has 0 saturated carbocycles. The summed E-state index contributed by atoms with van der Waals surface area (Å²) in [5.41, 5.74) is 0.626. The number of aliphatic hydroxyl groups is 1. The zero-order chi connectivity index (χ0) is 15.7. The highest BCUT2D eigenvalue weighted by molar-refractivity contribution is 5.90. The average molecular weight is 294 g/mol. The fraction of sp³-hybridized carbons (Fsp3) is 0.467. The molecule has 0 saturated heterocycles. The Hall–Kier alpha value is -2.08. The fourth-order valence-electron chi connectivity index (χ4n) is 1.61. The number of nitrogens with one attached hydrogen (secondary N) is 2. The first kappa shape index (κ1) is 17.0. The Morgan fingerprint density at radius 1 is 1.29 bits per heavy atom. The van der Waals surface area contributed by atoms with Crippen LogP contribution in [0, 0.1) is 0 Å². The van der Waals surface area contributed by atoms with Crippen molar-refractivity contribution in [1.82, 2.24) is 5.32 Å². The lowest BCUT2D eigenvalue weighted by molar-refractivity contribution is -0.124. The lowest BCUT2D eigenvalue weighted by Crippen LogP contribution is -2.39. The third-order valence-corrected chi connectivity index (χ3v) is 2.89. The first-order chi connectivity index (χ1) is 10.1. The van der Waals surface area contributed by atoms with Gasteiger partial charge in [0.2, 0.25) is 5.91 Å². The predicted octanol–water partition coefficient (Wildman–Crippen LogP) is 1.30. The maximum absolute atomic E-state index is 11.6. The van der Waals surface area contributed by atoms with Crippen molar-refractivity contribution in [3.63, 3.8) is 0 Å². The van der Waals surface area contributed by atoms with Crippen LogP contribution in [0.15, 0.2) is 24.3 Å². The topological polar surface area (TPSA) is 87.7 Å². The monoisotopic (exact) mass is 294 g/mol. The lowest BCUT2D eigenvalue weighted by Gasteiger charge is -2.14. The van der Waals surface area contributed by atoms with Crippen LogP contribution in [0.2, 0.25) is 0 Å². The van der Waals surface area contributed by atoms with E-state index in [4.69, 9.17) is 9.84 Å². The van der Waals surface area contributed by atoms with E-state index in [1.165, 1.54) is 0 Å². The number of amides is 2. The van der Waals surface area contributed by atoms with E-state index in [1.807, 2.05) is 6.92 Å². The SMILES string of the molecule is CCC(=O)Nc1cccc(OCC(=O)N[C@@H](CC)CO)c1. The molecule has 0 aliphatic rings. The maximum atomic E-state index is 11.6. The van der Waals surface area contributed by atoms with E-state index in [-0.39, 0.29) is 31.1 Å². The molecule has 3 N–H and O–H groups in total. The first-order valence-electron chi connectivity index (χ1n) is 7.02. The summed E-state index contributed by atoms with van der Waals surface area (Å²) in [5, 5.41) is 14.4. The highest BCUT2D eigenvalue weighted by atomic mass is 16.5. The molecule has 1 atom stereocenters. The molecule has 0 aliphatic heterocycles. The summed E-state index contributed by atoms with van der Waals surface area (Å²) >= 11 is 0. The van der Waals surface area contributed by atoms with E-state index < -0.39 is 0 Å². The van der Waals surface area contributed by atoms with Gasteiger partial charge in [-0.1, -0.05) is 19.9 Å². The van der Waals surface area contributed by atoms with E-state index in [0.29, 0.717) is 24.3 Å². The highest BCUT2D eigenvalue weighted by Crippen LogP contribution is 2.17. The Bertz CT molecular complexity index is 472. The van der Waals surface area contributed by atoms with Crippen molar-refractivity contribution in [2.75, 3.05) is 18.5 Å². The molecule has 0 fully saturated rings. The van der Waals surface area contributed by atoms with Crippen molar-refractivity contribution >= 4 is 17.5 Å². The second-order valence-electron chi connectivity index (χ2n) is 4.57. The van der Waals surface area contributed by atoms with Crippen LogP contribution in [-0.4, -0.2) is 36.2 Å². The molecule has 116 valence electrons. The van der Waals surface area contributed by atoms with Gasteiger partial charge in [-0.25, -0.2) is 0 Å². The molecular formula is C15H22N2O4. The smallest absolute Gasteiger partial charge is 0.258 e. The van der Waals surface area contributed by atoms with Crippen molar-refractivity contribution in [2.45, 2.75) is 32.7 Å². The van der Waals surface area contributed by atoms with Crippen molar-refractivity contribution in [2.24, 2.45) is 0 Å². The lowest BCUT2D eigenvalue weighted by atomic mass is 10.2. The Labute approximate surface area is 124 Å². The molecule has 21 heavy (non-hydrogen) atoms. The van der Waals surface area contributed by atoms with Gasteiger partial charge in [0.05, 0.1) is 12.6 Å². The minimum absolute atomic E-state index is 0.0846. The molecule has 1 aromatic carbocycles. The van der Waals surface area contributed by atoms with Gasteiger partial charge in [-0.15, -0.1) is 0 Å². The summed E-state index contributed by atoms with van der Waals surface area (Å²) in [7, 11) is 0. The Balaban J connectivity index is 2.50. The number of ether oxygens (including phenoxy) is 1. The van der Waals surface area contributed by atoms with Crippen molar-refractivity contribution in [1.29, 1.82) is 0 Å². The van der Waals surface area contributed by atoms with Crippen molar-refractivity contribution < 1.29 is 19.4 Å². The van der Waals surface area contributed by atoms with Crippen LogP contribution in [0.5, 0.6) is 5.75 Å². The van der Waals surface area contributed by atoms with Gasteiger partial charge in [-0.05, 0) is 18.6 Å². The van der Waals surface area contributed by atoms with E-state index in [2.05, 4.69) is 10.6 Å². The van der Waals surface area contributed by atoms with Crippen LogP contribution in [-0.2, 0) is 9.59 Å². The van der Waals surface area contributed by atoms with Gasteiger partial charge in [-0.2, -0.15) is 0 Å². The Morgan fingerprint density at radius 3 is 2.67 bits per heavy atom. The molecule has 0 aromatic heterocycles. The van der Waals surface area contributed by atoms with E-state index in [9.17, 15) is 9.59 Å². The molecule has 0 aliphatic carbocycles. The summed E-state index contributed by atoms with van der Waals surface area (Å²) < 4.78 is 5.37. The van der Waals surface area contributed by atoms with Gasteiger partial charge in [0.1, 0.15) is 5.75 Å². The fourth-order valence-corrected chi connectivity index (χ4v) is 1.61. The molecule has 6 heteroatoms. The number of carbonyl (C=O) groups excluding carboxylic acids is 2. The third-order valence-electron chi connectivity index (χ3n) is 2.89. The summed E-state index contributed by atoms with van der Waals surface area (Å²) in [5.74, 6) is 0.119. The van der Waals surface area contributed by atoms with E-state index >= 15 is 0 Å². The van der Waals surface area contributed by atoms with Crippen LogP contribution < -0.4 is 15.4 Å². The molecule has 0 spiro atoms. The number of anilines is 1. The summed E-state index contributed by atoms with van der Waals surface area (Å²) in [4.78, 5) is 22.9. The molecule has 1 aromatic rings. The Kier molecular flexibility index (Phi) is 7.25. The number of rotatable bonds is 8. The van der Waals surface area contributed by atoms with E-state index in [1.54, 1.807) is 31.2 Å². The quantitative estimate of drug-likeness (QED) is 0.674. The molecule has 1 rings (SSSR count). The molecule has 6 nitrogen and oxygen atoms in total. The maximum Gasteiger partial charge on any atom is 0.258 e. The summed E-state index contributed by atoms with van der Waals surface area (Å²) in [6.07, 6.45) is 1.05. The number of benzene rings is 1. The van der Waals surface area contributed by atoms with Crippen molar-refractivity contribution in [3.8, 4) is 5.75 Å². The van der Waals surface area contributed by atoms with Gasteiger partial charge in [-0.3, -0.25) is 9.59 Å². The number of aliphatic hydroxyl groups excluding tert-OH is 1. The van der Waals surface area contributed by atoms with E-state index in [0.717, 1.165) is 0 Å². The minimum Gasteiger partial charge on any atom is -0.484 e. The molecule has 0 bridgehead atoms. The van der Waals surface area contributed by atoms with Gasteiger partial charge in [0.15, 0.2) is 6.61 Å². The standard InChI is InChI=1S/C15H22N2O4/c1-3-11(9-18)16-15(20)10-21-13-7-5-6-12(8-13)17-14(19)4-2/h5-8,11,18H,3-4,9-10H2,1-2H3,(H,16,20)(H,17,19)/t11-/m0/s1. The predicted molar refractivity (Wildman–Crippen MR) is 80.2 cm³/mol. The number of carbonyl (C=O) groups is 2. The van der Waals surface area contributed by atoms with Crippen molar-refractivity contribution in [3.05, 3.63) is 24.3 Å². The highest BCUT2D eigenvalue weighted by Gasteiger charge is 2.09. The van der Waals surface area contributed by atoms with Crippen LogP contribution in [0.25, 0.3) is 0 Å². The van der Waals surface area contributed by atoms with Gasteiger partial charge < -0.3 is 20.5 Å². The van der Waals surface area contributed by atoms with Crippen LogP contribution in [0.4, 0.5) is 5.69 Å². The number of hydrogen-bond acceptors (Lipinski definition) is 4. The third kappa shape index (κ3) is 6.27. The zero-order valence-electron chi connectivity index (χ0n) is 12.4. The molecule has 0 radical (unpaired) electrons. The second kappa shape index (κ2) is 8.97. The summed E-state index contributed by atoms with van der Waals surface area (Å²) in [6, 6.07) is 6.60. The molecule has 0 unspecified atom stereocenters. The Morgan fingerprint density at radius 2 is 2.05 bits per heavy atom. The van der Waals surface area contributed by atoms with Gasteiger partial charge in [0, 0.05) is 18.2 Å². The number of hydrogen-bond donors (Lipinski definition) is 3. The zero-order valence-corrected chi connectivity index (χ0v) is 12.4. The second-order valence-corrected chi connectivity index (χ2v) is 4.57. The summed E-state index contributed by atoms with van der Waals surface area (Å²) in [6.45, 7) is 3.41. The molecule has 0 heterocycles.